The van der Waals surface area contributed by atoms with E-state index in [1.807, 2.05) is 0 Å². The molecule has 5 heteroatoms. The zero-order chi connectivity index (χ0) is 15.5. The molecular weight excluding hydrogens is 285 g/mol. The van der Waals surface area contributed by atoms with Crippen LogP contribution in [0.15, 0.2) is 57.7 Å². The van der Waals surface area contributed by atoms with Crippen molar-refractivity contribution in [2.75, 3.05) is 0 Å². The third-order valence-electron chi connectivity index (χ3n) is 3.32. The van der Waals surface area contributed by atoms with Crippen LogP contribution >= 0.6 is 0 Å². The van der Waals surface area contributed by atoms with Crippen LogP contribution in [0.1, 0.15) is 11.1 Å². The number of nitrogens with two attached hydrogens (primary N) is 1. The first-order chi connectivity index (χ1) is 10.7. The van der Waals surface area contributed by atoms with Crippen LogP contribution in [0.5, 0.6) is 5.75 Å². The molecule has 3 aromatic rings. The number of hydrogen-bond acceptors (Lipinski definition) is 4. The van der Waals surface area contributed by atoms with Crippen molar-refractivity contribution < 1.29 is 13.5 Å². The molecule has 0 atom stereocenters. The molecule has 0 fully saturated rings. The van der Waals surface area contributed by atoms with Crippen molar-refractivity contribution in [2.24, 2.45) is 5.73 Å². The SMILES string of the molecule is NCc1cc(=O)oc2cc(OCc3cccc(F)c3)ccc12. The second kappa shape index (κ2) is 5.99. The molecular formula is C17H14FNO3. The Morgan fingerprint density at radius 2 is 2.00 bits per heavy atom. The Hall–Kier alpha value is -2.66. The smallest absolute Gasteiger partial charge is 0.336 e. The maximum atomic E-state index is 13.1. The monoisotopic (exact) mass is 299 g/mol. The minimum atomic E-state index is -0.449. The lowest BCUT2D eigenvalue weighted by Crippen LogP contribution is -2.05. The number of ether oxygens (including phenoxy) is 1. The highest BCUT2D eigenvalue weighted by Gasteiger charge is 2.06. The van der Waals surface area contributed by atoms with Gasteiger partial charge in [0.2, 0.25) is 0 Å². The Kier molecular flexibility index (Phi) is 3.89. The molecule has 0 bridgehead atoms. The first kappa shape index (κ1) is 14.3. The molecule has 2 N–H and O–H groups in total. The quantitative estimate of drug-likeness (QED) is 0.752. The van der Waals surface area contributed by atoms with Crippen molar-refractivity contribution in [3.63, 3.8) is 0 Å². The summed E-state index contributed by atoms with van der Waals surface area (Å²) in [6.07, 6.45) is 0. The number of hydrogen-bond donors (Lipinski definition) is 1. The summed E-state index contributed by atoms with van der Waals surface area (Å²) in [6.45, 7) is 0.482. The Labute approximate surface area is 125 Å². The molecule has 0 amide bonds. The predicted octanol–water partition coefficient (Wildman–Crippen LogP) is 2.97. The summed E-state index contributed by atoms with van der Waals surface area (Å²) >= 11 is 0. The van der Waals surface area contributed by atoms with Crippen molar-refractivity contribution in [1.82, 2.24) is 0 Å². The molecule has 0 spiro atoms. The number of fused-ring (bicyclic) bond motifs is 1. The molecule has 0 aliphatic carbocycles. The molecule has 4 nitrogen and oxygen atoms in total. The average molecular weight is 299 g/mol. The molecule has 0 saturated heterocycles. The van der Waals surface area contributed by atoms with Gasteiger partial charge >= 0.3 is 5.63 Å². The van der Waals surface area contributed by atoms with Gasteiger partial charge < -0.3 is 14.9 Å². The van der Waals surface area contributed by atoms with Gasteiger partial charge in [-0.3, -0.25) is 0 Å². The van der Waals surface area contributed by atoms with E-state index in [-0.39, 0.29) is 19.0 Å². The van der Waals surface area contributed by atoms with Crippen LogP contribution in [0.25, 0.3) is 11.0 Å². The van der Waals surface area contributed by atoms with Gasteiger partial charge in [0.05, 0.1) is 0 Å². The van der Waals surface area contributed by atoms with Crippen molar-refractivity contribution >= 4 is 11.0 Å². The molecule has 3 rings (SSSR count). The molecule has 0 saturated carbocycles. The molecule has 22 heavy (non-hydrogen) atoms. The van der Waals surface area contributed by atoms with Gasteiger partial charge in [-0.2, -0.15) is 0 Å². The molecule has 0 aliphatic heterocycles. The maximum Gasteiger partial charge on any atom is 0.336 e. The third-order valence-corrected chi connectivity index (χ3v) is 3.32. The topological polar surface area (TPSA) is 65.5 Å². The van der Waals surface area contributed by atoms with Crippen LogP contribution in [0.2, 0.25) is 0 Å². The van der Waals surface area contributed by atoms with E-state index in [0.29, 0.717) is 11.3 Å². The summed E-state index contributed by atoms with van der Waals surface area (Å²) in [4.78, 5) is 11.5. The Morgan fingerprint density at radius 1 is 1.14 bits per heavy atom. The fraction of sp³-hybridized carbons (Fsp3) is 0.118. The Morgan fingerprint density at radius 3 is 2.77 bits per heavy atom. The van der Waals surface area contributed by atoms with Crippen molar-refractivity contribution in [1.29, 1.82) is 0 Å². The molecule has 1 heterocycles. The highest BCUT2D eigenvalue weighted by atomic mass is 19.1. The standard InChI is InChI=1S/C17H14FNO3/c18-13-3-1-2-11(6-13)10-21-14-4-5-15-12(9-19)7-17(20)22-16(15)8-14/h1-8H,9-10,19H2. The lowest BCUT2D eigenvalue weighted by Gasteiger charge is -2.08. The van der Waals surface area contributed by atoms with Crippen LogP contribution in [0.3, 0.4) is 0 Å². The summed E-state index contributed by atoms with van der Waals surface area (Å²) in [5.74, 6) is 0.229. The summed E-state index contributed by atoms with van der Waals surface area (Å²) in [5, 5.41) is 0.778. The van der Waals surface area contributed by atoms with Gasteiger partial charge in [-0.1, -0.05) is 12.1 Å². The highest BCUT2D eigenvalue weighted by molar-refractivity contribution is 5.81. The van der Waals surface area contributed by atoms with Crippen molar-refractivity contribution in [3.05, 3.63) is 75.9 Å². The zero-order valence-electron chi connectivity index (χ0n) is 11.7. The maximum absolute atomic E-state index is 13.1. The minimum absolute atomic E-state index is 0.226. The van der Waals surface area contributed by atoms with E-state index in [9.17, 15) is 9.18 Å². The number of benzene rings is 2. The Bertz CT molecular complexity index is 873. The first-order valence-corrected chi connectivity index (χ1v) is 6.80. The van der Waals surface area contributed by atoms with E-state index < -0.39 is 5.63 Å². The van der Waals surface area contributed by atoms with Crippen LogP contribution in [-0.4, -0.2) is 0 Å². The van der Waals surface area contributed by atoms with E-state index >= 15 is 0 Å². The van der Waals surface area contributed by atoms with Crippen LogP contribution in [0.4, 0.5) is 4.39 Å². The van der Waals surface area contributed by atoms with Crippen molar-refractivity contribution in [2.45, 2.75) is 13.2 Å². The van der Waals surface area contributed by atoms with Gasteiger partial charge in [-0.25, -0.2) is 9.18 Å². The third kappa shape index (κ3) is 2.99. The normalized spacial score (nSPS) is 10.8. The summed E-state index contributed by atoms with van der Waals surface area (Å²) in [5.41, 5.74) is 7.04. The molecule has 0 unspecified atom stereocenters. The van der Waals surface area contributed by atoms with E-state index in [0.717, 1.165) is 16.5 Å². The van der Waals surface area contributed by atoms with E-state index in [4.69, 9.17) is 14.9 Å². The molecule has 0 aliphatic rings. The minimum Gasteiger partial charge on any atom is -0.489 e. The predicted molar refractivity (Wildman–Crippen MR) is 81.1 cm³/mol. The van der Waals surface area contributed by atoms with E-state index in [1.165, 1.54) is 18.2 Å². The van der Waals surface area contributed by atoms with Gasteiger partial charge in [0, 0.05) is 24.1 Å². The van der Waals surface area contributed by atoms with Gasteiger partial charge in [0.25, 0.3) is 0 Å². The molecule has 2 aromatic carbocycles. The van der Waals surface area contributed by atoms with Gasteiger partial charge in [-0.05, 0) is 35.4 Å². The highest BCUT2D eigenvalue weighted by Crippen LogP contribution is 2.23. The van der Waals surface area contributed by atoms with Crippen LogP contribution in [-0.2, 0) is 13.2 Å². The summed E-state index contributed by atoms with van der Waals surface area (Å²) in [6, 6.07) is 12.8. The molecule has 112 valence electrons. The number of halogens is 1. The van der Waals surface area contributed by atoms with Crippen LogP contribution in [0, 0.1) is 5.82 Å². The van der Waals surface area contributed by atoms with Crippen LogP contribution < -0.4 is 16.1 Å². The Balaban J connectivity index is 1.87. The lowest BCUT2D eigenvalue weighted by molar-refractivity contribution is 0.305. The second-order valence-corrected chi connectivity index (χ2v) is 4.87. The second-order valence-electron chi connectivity index (χ2n) is 4.87. The molecule has 0 radical (unpaired) electrons. The lowest BCUT2D eigenvalue weighted by atomic mass is 10.1. The van der Waals surface area contributed by atoms with Crippen molar-refractivity contribution in [3.8, 4) is 5.75 Å². The zero-order valence-corrected chi connectivity index (χ0v) is 11.7. The largest absolute Gasteiger partial charge is 0.489 e. The van der Waals surface area contributed by atoms with E-state index in [2.05, 4.69) is 0 Å². The first-order valence-electron chi connectivity index (χ1n) is 6.80. The fourth-order valence-corrected chi connectivity index (χ4v) is 2.26. The van der Waals surface area contributed by atoms with Gasteiger partial charge in [0.1, 0.15) is 23.8 Å². The summed E-state index contributed by atoms with van der Waals surface area (Å²) < 4.78 is 23.9. The number of rotatable bonds is 4. The van der Waals surface area contributed by atoms with Gasteiger partial charge in [0.15, 0.2) is 0 Å². The van der Waals surface area contributed by atoms with Gasteiger partial charge in [-0.15, -0.1) is 0 Å². The average Bonchev–Trinajstić information content (AvgIpc) is 2.51. The van der Waals surface area contributed by atoms with E-state index in [1.54, 1.807) is 30.3 Å². The summed E-state index contributed by atoms with van der Waals surface area (Å²) in [7, 11) is 0. The fourth-order valence-electron chi connectivity index (χ4n) is 2.26. The molecule has 1 aromatic heterocycles.